The monoisotopic (exact) mass is 390 g/mol. The van der Waals surface area contributed by atoms with Crippen molar-refractivity contribution >= 4 is 40.3 Å². The molecule has 0 aliphatic carbocycles. The predicted molar refractivity (Wildman–Crippen MR) is 106 cm³/mol. The summed E-state index contributed by atoms with van der Waals surface area (Å²) >= 11 is 4.85. The number of methoxy groups -OCH3 is 1. The second kappa shape index (κ2) is 9.03. The Kier molecular flexibility index (Phi) is 6.49. The Hall–Kier alpha value is -1.83. The van der Waals surface area contributed by atoms with Crippen LogP contribution in [0.4, 0.5) is 0 Å². The van der Waals surface area contributed by atoms with Crippen LogP contribution in [0.3, 0.4) is 0 Å². The Labute approximate surface area is 159 Å². The number of carbonyl (C=O) groups excluding carboxylic acids is 1. The first kappa shape index (κ1) is 18.0. The van der Waals surface area contributed by atoms with Crippen LogP contribution in [0.5, 0.6) is 5.75 Å². The van der Waals surface area contributed by atoms with Gasteiger partial charge in [-0.15, -0.1) is 34.4 Å². The standard InChI is InChI=1S/C18H18N2O2S3/c1-22-15-6-4-13(5-7-15)18-20-14(11-25-18)10-23-12-17(21)19-9-16-3-2-8-24-16/h2-8,11H,9-10,12H2,1H3,(H,19,21). The third-order valence-corrected chi connectivity index (χ3v) is 6.19. The van der Waals surface area contributed by atoms with Crippen LogP contribution in [0.2, 0.25) is 0 Å². The third-order valence-electron chi connectivity index (χ3n) is 3.41. The van der Waals surface area contributed by atoms with Gasteiger partial charge in [0, 0.05) is 21.6 Å². The van der Waals surface area contributed by atoms with Gasteiger partial charge in [-0.2, -0.15) is 0 Å². The lowest BCUT2D eigenvalue weighted by Crippen LogP contribution is -2.24. The average Bonchev–Trinajstić information content (AvgIpc) is 3.32. The van der Waals surface area contributed by atoms with E-state index in [0.717, 1.165) is 27.8 Å². The minimum Gasteiger partial charge on any atom is -0.497 e. The number of benzene rings is 1. The van der Waals surface area contributed by atoms with Gasteiger partial charge in [-0.05, 0) is 35.7 Å². The summed E-state index contributed by atoms with van der Waals surface area (Å²) in [7, 11) is 1.66. The molecule has 0 bridgehead atoms. The minimum atomic E-state index is 0.0593. The Balaban J connectivity index is 1.44. The van der Waals surface area contributed by atoms with Gasteiger partial charge in [-0.25, -0.2) is 4.98 Å². The lowest BCUT2D eigenvalue weighted by Gasteiger charge is -2.03. The van der Waals surface area contributed by atoms with Crippen LogP contribution in [-0.2, 0) is 17.1 Å². The molecule has 0 saturated heterocycles. The maximum Gasteiger partial charge on any atom is 0.230 e. The highest BCUT2D eigenvalue weighted by atomic mass is 32.2. The van der Waals surface area contributed by atoms with Crippen LogP contribution in [-0.4, -0.2) is 23.8 Å². The summed E-state index contributed by atoms with van der Waals surface area (Å²) in [6, 6.07) is 11.9. The maximum atomic E-state index is 11.9. The molecule has 1 amide bonds. The molecular formula is C18H18N2O2S3. The molecule has 3 aromatic rings. The normalized spacial score (nSPS) is 10.6. The van der Waals surface area contributed by atoms with Gasteiger partial charge in [0.2, 0.25) is 5.91 Å². The number of nitrogens with zero attached hydrogens (tertiary/aromatic N) is 1. The van der Waals surface area contributed by atoms with E-state index in [1.165, 1.54) is 4.88 Å². The van der Waals surface area contributed by atoms with Crippen molar-refractivity contribution in [3.63, 3.8) is 0 Å². The first-order valence-corrected chi connectivity index (χ1v) is 10.6. The first-order chi connectivity index (χ1) is 12.2. The number of ether oxygens (including phenoxy) is 1. The van der Waals surface area contributed by atoms with E-state index >= 15 is 0 Å². The SMILES string of the molecule is COc1ccc(-c2nc(CSCC(=O)NCc3cccs3)cs2)cc1. The van der Waals surface area contributed by atoms with Crippen molar-refractivity contribution in [1.82, 2.24) is 10.3 Å². The molecular weight excluding hydrogens is 372 g/mol. The summed E-state index contributed by atoms with van der Waals surface area (Å²) in [5.41, 5.74) is 2.09. The second-order valence-corrected chi connectivity index (χ2v) is 8.10. The molecule has 130 valence electrons. The molecule has 0 unspecified atom stereocenters. The molecule has 0 fully saturated rings. The summed E-state index contributed by atoms with van der Waals surface area (Å²) < 4.78 is 5.17. The summed E-state index contributed by atoms with van der Waals surface area (Å²) in [5, 5.41) is 7.99. The molecule has 7 heteroatoms. The van der Waals surface area contributed by atoms with E-state index in [2.05, 4.69) is 15.7 Å². The lowest BCUT2D eigenvalue weighted by atomic mass is 10.2. The van der Waals surface area contributed by atoms with Crippen LogP contribution >= 0.6 is 34.4 Å². The number of thioether (sulfide) groups is 1. The molecule has 1 N–H and O–H groups in total. The molecule has 0 radical (unpaired) electrons. The summed E-state index contributed by atoms with van der Waals surface area (Å²) in [6.45, 7) is 0.607. The second-order valence-electron chi connectivity index (χ2n) is 5.22. The Bertz CT molecular complexity index is 798. The Morgan fingerprint density at radius 1 is 1.24 bits per heavy atom. The molecule has 25 heavy (non-hydrogen) atoms. The zero-order valence-electron chi connectivity index (χ0n) is 13.7. The summed E-state index contributed by atoms with van der Waals surface area (Å²) in [6.07, 6.45) is 0. The number of aromatic nitrogens is 1. The van der Waals surface area contributed by atoms with Gasteiger partial charge in [-0.1, -0.05) is 6.07 Å². The number of thiazole rings is 1. The van der Waals surface area contributed by atoms with Crippen LogP contribution < -0.4 is 10.1 Å². The number of hydrogen-bond acceptors (Lipinski definition) is 6. The van der Waals surface area contributed by atoms with E-state index in [0.29, 0.717) is 12.3 Å². The molecule has 0 atom stereocenters. The Morgan fingerprint density at radius 3 is 2.80 bits per heavy atom. The average molecular weight is 391 g/mol. The van der Waals surface area contributed by atoms with Gasteiger partial charge in [0.15, 0.2) is 0 Å². The molecule has 0 saturated carbocycles. The zero-order valence-corrected chi connectivity index (χ0v) is 16.2. The van der Waals surface area contributed by atoms with Crippen molar-refractivity contribution in [3.8, 4) is 16.3 Å². The van der Waals surface area contributed by atoms with E-state index in [-0.39, 0.29) is 5.91 Å². The highest BCUT2D eigenvalue weighted by Gasteiger charge is 2.07. The van der Waals surface area contributed by atoms with E-state index in [4.69, 9.17) is 4.74 Å². The molecule has 0 aliphatic heterocycles. The number of rotatable bonds is 8. The van der Waals surface area contributed by atoms with E-state index in [1.807, 2.05) is 41.8 Å². The maximum absolute atomic E-state index is 11.9. The van der Waals surface area contributed by atoms with E-state index in [1.54, 1.807) is 41.5 Å². The van der Waals surface area contributed by atoms with Crippen molar-refractivity contribution in [3.05, 3.63) is 57.7 Å². The molecule has 1 aromatic carbocycles. The number of hydrogen-bond donors (Lipinski definition) is 1. The van der Waals surface area contributed by atoms with Crippen molar-refractivity contribution in [1.29, 1.82) is 0 Å². The highest BCUT2D eigenvalue weighted by molar-refractivity contribution is 7.99. The predicted octanol–water partition coefficient (Wildman–Crippen LogP) is 4.43. The fourth-order valence-electron chi connectivity index (χ4n) is 2.14. The van der Waals surface area contributed by atoms with Crippen molar-refractivity contribution in [2.45, 2.75) is 12.3 Å². The molecule has 0 spiro atoms. The highest BCUT2D eigenvalue weighted by Crippen LogP contribution is 2.27. The minimum absolute atomic E-state index is 0.0593. The summed E-state index contributed by atoms with van der Waals surface area (Å²) in [5.74, 6) is 2.08. The largest absolute Gasteiger partial charge is 0.497 e. The molecule has 0 aliphatic rings. The zero-order chi connectivity index (χ0) is 17.5. The van der Waals surface area contributed by atoms with Crippen molar-refractivity contribution in [2.24, 2.45) is 0 Å². The first-order valence-electron chi connectivity index (χ1n) is 7.70. The Morgan fingerprint density at radius 2 is 2.08 bits per heavy atom. The number of thiophene rings is 1. The lowest BCUT2D eigenvalue weighted by molar-refractivity contribution is -0.118. The van der Waals surface area contributed by atoms with Crippen molar-refractivity contribution < 1.29 is 9.53 Å². The van der Waals surface area contributed by atoms with Crippen molar-refractivity contribution in [2.75, 3.05) is 12.9 Å². The van der Waals surface area contributed by atoms with Gasteiger partial charge < -0.3 is 10.1 Å². The van der Waals surface area contributed by atoms with Gasteiger partial charge in [0.25, 0.3) is 0 Å². The van der Waals surface area contributed by atoms with Gasteiger partial charge in [0.1, 0.15) is 10.8 Å². The third kappa shape index (κ3) is 5.32. The van der Waals surface area contributed by atoms with Crippen LogP contribution in [0.15, 0.2) is 47.2 Å². The van der Waals surface area contributed by atoms with Gasteiger partial charge in [0.05, 0.1) is 25.1 Å². The molecule has 2 heterocycles. The fourth-order valence-corrected chi connectivity index (χ4v) is 4.46. The quantitative estimate of drug-likeness (QED) is 0.618. The summed E-state index contributed by atoms with van der Waals surface area (Å²) in [4.78, 5) is 17.7. The van der Waals surface area contributed by atoms with E-state index in [9.17, 15) is 4.79 Å². The fraction of sp³-hybridized carbons (Fsp3) is 0.222. The number of amides is 1. The molecule has 2 aromatic heterocycles. The van der Waals surface area contributed by atoms with E-state index < -0.39 is 0 Å². The van der Waals surface area contributed by atoms with Gasteiger partial charge in [-0.3, -0.25) is 4.79 Å². The van der Waals surface area contributed by atoms with Gasteiger partial charge >= 0.3 is 0 Å². The molecule has 4 nitrogen and oxygen atoms in total. The van der Waals surface area contributed by atoms with Crippen LogP contribution in [0, 0.1) is 0 Å². The van der Waals surface area contributed by atoms with Crippen LogP contribution in [0.1, 0.15) is 10.6 Å². The molecule has 3 rings (SSSR count). The number of nitrogens with one attached hydrogen (secondary N) is 1. The topological polar surface area (TPSA) is 51.2 Å². The van der Waals surface area contributed by atoms with Crippen LogP contribution in [0.25, 0.3) is 10.6 Å². The smallest absolute Gasteiger partial charge is 0.230 e. The number of carbonyl (C=O) groups is 1.